The number of esters is 1. The molecule has 4 heteroatoms. The summed E-state index contributed by atoms with van der Waals surface area (Å²) < 4.78 is 5.77. The molecule has 1 aliphatic heterocycles. The minimum atomic E-state index is -0.198. The molecule has 0 spiro atoms. The molecule has 0 aliphatic carbocycles. The van der Waals surface area contributed by atoms with Crippen molar-refractivity contribution in [1.82, 2.24) is 5.32 Å². The van der Waals surface area contributed by atoms with E-state index in [0.717, 1.165) is 31.6 Å². The smallest absolute Gasteiger partial charge is 0.307 e. The number of ether oxygens (including phenoxy) is 1. The van der Waals surface area contributed by atoms with Crippen molar-refractivity contribution in [1.29, 1.82) is 0 Å². The van der Waals surface area contributed by atoms with Crippen LogP contribution in [0.4, 0.5) is 5.69 Å². The van der Waals surface area contributed by atoms with Gasteiger partial charge >= 0.3 is 5.97 Å². The van der Waals surface area contributed by atoms with Crippen molar-refractivity contribution < 1.29 is 9.53 Å². The molecule has 1 aromatic rings. The van der Waals surface area contributed by atoms with Crippen molar-refractivity contribution in [3.05, 3.63) is 30.3 Å². The molecular weight excluding hydrogens is 348 g/mol. The van der Waals surface area contributed by atoms with Gasteiger partial charge in [-0.2, -0.15) is 0 Å². The number of carbonyl (C=O) groups is 1. The summed E-state index contributed by atoms with van der Waals surface area (Å²) in [5, 5.41) is 3.33. The first-order valence-electron chi connectivity index (χ1n) is 11.5. The third-order valence-corrected chi connectivity index (χ3v) is 5.54. The number of nitrogens with zero attached hydrogens (tertiary/aromatic N) is 1. The van der Waals surface area contributed by atoms with Crippen LogP contribution in [0, 0.1) is 0 Å². The fourth-order valence-electron chi connectivity index (χ4n) is 3.84. The lowest BCUT2D eigenvalue weighted by molar-refractivity contribution is -0.149. The molecule has 158 valence electrons. The van der Waals surface area contributed by atoms with E-state index in [0.29, 0.717) is 13.0 Å². The van der Waals surface area contributed by atoms with Crippen LogP contribution < -0.4 is 10.2 Å². The maximum Gasteiger partial charge on any atom is 0.307 e. The van der Waals surface area contributed by atoms with Gasteiger partial charge in [0.25, 0.3) is 0 Å². The number of anilines is 1. The predicted molar refractivity (Wildman–Crippen MR) is 118 cm³/mol. The third-order valence-electron chi connectivity index (χ3n) is 5.54. The van der Waals surface area contributed by atoms with Crippen molar-refractivity contribution in [3.63, 3.8) is 0 Å². The largest absolute Gasteiger partial charge is 0.440 e. The molecular formula is C24H40N2O2. The molecule has 0 bridgehead atoms. The van der Waals surface area contributed by atoms with E-state index in [-0.39, 0.29) is 12.2 Å². The molecule has 1 fully saturated rings. The van der Waals surface area contributed by atoms with Gasteiger partial charge in [0.05, 0.1) is 6.54 Å². The second-order valence-electron chi connectivity index (χ2n) is 7.96. The molecule has 1 unspecified atom stereocenters. The summed E-state index contributed by atoms with van der Waals surface area (Å²) >= 11 is 0. The van der Waals surface area contributed by atoms with E-state index in [1.54, 1.807) is 0 Å². The maximum atomic E-state index is 12.3. The summed E-state index contributed by atoms with van der Waals surface area (Å²) in [6, 6.07) is 10.2. The molecule has 1 N–H and O–H groups in total. The predicted octanol–water partition coefficient (Wildman–Crippen LogP) is 5.67. The summed E-state index contributed by atoms with van der Waals surface area (Å²) in [5.74, 6) is -0.0643. The van der Waals surface area contributed by atoms with E-state index in [2.05, 4.69) is 29.3 Å². The summed E-state index contributed by atoms with van der Waals surface area (Å²) in [5.41, 5.74) is 1.12. The Labute approximate surface area is 172 Å². The van der Waals surface area contributed by atoms with Gasteiger partial charge in [-0.25, -0.2) is 0 Å². The van der Waals surface area contributed by atoms with Gasteiger partial charge in [-0.3, -0.25) is 4.79 Å². The average molecular weight is 389 g/mol. The molecule has 28 heavy (non-hydrogen) atoms. The number of rotatable bonds is 14. The lowest BCUT2D eigenvalue weighted by Gasteiger charge is -2.37. The fourth-order valence-corrected chi connectivity index (χ4v) is 3.84. The van der Waals surface area contributed by atoms with Crippen LogP contribution in [0.2, 0.25) is 0 Å². The van der Waals surface area contributed by atoms with Gasteiger partial charge in [0.2, 0.25) is 0 Å². The zero-order valence-corrected chi connectivity index (χ0v) is 17.8. The highest BCUT2D eigenvalue weighted by Crippen LogP contribution is 2.19. The highest BCUT2D eigenvalue weighted by atomic mass is 16.6. The summed E-state index contributed by atoms with van der Waals surface area (Å²) in [4.78, 5) is 14.5. The second kappa shape index (κ2) is 14.4. The van der Waals surface area contributed by atoms with Crippen LogP contribution in [0.3, 0.4) is 0 Å². The Bertz CT molecular complexity index is 521. The molecule has 0 radical (unpaired) electrons. The normalized spacial score (nSPS) is 16.9. The minimum Gasteiger partial charge on any atom is -0.440 e. The molecule has 0 aromatic heterocycles. The molecule has 1 saturated heterocycles. The van der Waals surface area contributed by atoms with Crippen LogP contribution in [0.5, 0.6) is 0 Å². The van der Waals surface area contributed by atoms with Crippen LogP contribution in [0.25, 0.3) is 0 Å². The molecule has 1 aliphatic rings. The van der Waals surface area contributed by atoms with E-state index >= 15 is 0 Å². The van der Waals surface area contributed by atoms with Crippen LogP contribution in [0.1, 0.15) is 84.0 Å². The highest BCUT2D eigenvalue weighted by Gasteiger charge is 2.25. The number of benzene rings is 1. The molecule has 1 aromatic carbocycles. The number of hydrogen-bond acceptors (Lipinski definition) is 4. The second-order valence-corrected chi connectivity index (χ2v) is 7.96. The van der Waals surface area contributed by atoms with Crippen molar-refractivity contribution in [2.45, 2.75) is 90.2 Å². The minimum absolute atomic E-state index is 0.0643. The lowest BCUT2D eigenvalue weighted by atomic mass is 10.1. The number of hydrogen-bond donors (Lipinski definition) is 1. The summed E-state index contributed by atoms with van der Waals surface area (Å²) in [6.45, 7) is 4.74. The molecule has 1 atom stereocenters. The standard InChI is InChI=1S/C24H40N2O2/c1-2-3-4-5-6-7-8-9-10-11-15-18-24(27)28-23-21-25-19-20-26(23)22-16-13-12-14-17-22/h12-14,16-17,23,25H,2-11,15,18-21H2,1H3. The monoisotopic (exact) mass is 388 g/mol. The topological polar surface area (TPSA) is 41.6 Å². The van der Waals surface area contributed by atoms with Gasteiger partial charge in [-0.1, -0.05) is 89.3 Å². The highest BCUT2D eigenvalue weighted by molar-refractivity contribution is 5.70. The third kappa shape index (κ3) is 9.09. The Morgan fingerprint density at radius 2 is 1.57 bits per heavy atom. The first-order valence-corrected chi connectivity index (χ1v) is 11.5. The van der Waals surface area contributed by atoms with Gasteiger partial charge in [-0.15, -0.1) is 0 Å². The van der Waals surface area contributed by atoms with Crippen molar-refractivity contribution in [2.24, 2.45) is 0 Å². The number of piperazine rings is 1. The van der Waals surface area contributed by atoms with E-state index < -0.39 is 0 Å². The maximum absolute atomic E-state index is 12.3. The molecule has 2 rings (SSSR count). The van der Waals surface area contributed by atoms with E-state index in [4.69, 9.17) is 4.74 Å². The van der Waals surface area contributed by atoms with Gasteiger partial charge < -0.3 is 15.0 Å². The molecule has 0 amide bonds. The van der Waals surface area contributed by atoms with Crippen molar-refractivity contribution in [2.75, 3.05) is 24.5 Å². The van der Waals surface area contributed by atoms with Crippen molar-refractivity contribution >= 4 is 11.7 Å². The quantitative estimate of drug-likeness (QED) is 0.329. The van der Waals surface area contributed by atoms with Gasteiger partial charge in [0.1, 0.15) is 0 Å². The first kappa shape index (κ1) is 22.7. The SMILES string of the molecule is CCCCCCCCCCCCCC(=O)OC1CNCCN1c1ccccc1. The lowest BCUT2D eigenvalue weighted by Crippen LogP contribution is -2.53. The van der Waals surface area contributed by atoms with Gasteiger partial charge in [-0.05, 0) is 18.6 Å². The van der Waals surface area contributed by atoms with E-state index in [9.17, 15) is 4.79 Å². The Hall–Kier alpha value is -1.55. The molecule has 4 nitrogen and oxygen atoms in total. The van der Waals surface area contributed by atoms with Gasteiger partial charge in [0, 0.05) is 25.2 Å². The summed E-state index contributed by atoms with van der Waals surface area (Å²) in [7, 11) is 0. The van der Waals surface area contributed by atoms with Gasteiger partial charge in [0.15, 0.2) is 6.23 Å². The first-order chi connectivity index (χ1) is 13.8. The van der Waals surface area contributed by atoms with Crippen LogP contribution in [-0.2, 0) is 9.53 Å². The zero-order chi connectivity index (χ0) is 19.9. The Morgan fingerprint density at radius 1 is 0.964 bits per heavy atom. The molecule has 1 heterocycles. The van der Waals surface area contributed by atoms with E-state index in [1.165, 1.54) is 57.8 Å². The number of para-hydroxylation sites is 1. The van der Waals surface area contributed by atoms with Crippen LogP contribution in [0.15, 0.2) is 30.3 Å². The number of carbonyl (C=O) groups excluding carboxylic acids is 1. The van der Waals surface area contributed by atoms with Crippen LogP contribution in [-0.4, -0.2) is 31.8 Å². The Balaban J connectivity index is 1.53. The Kier molecular flexibility index (Phi) is 11.7. The van der Waals surface area contributed by atoms with E-state index in [1.807, 2.05) is 18.2 Å². The number of unbranched alkanes of at least 4 members (excludes halogenated alkanes) is 10. The van der Waals surface area contributed by atoms with Crippen molar-refractivity contribution in [3.8, 4) is 0 Å². The zero-order valence-electron chi connectivity index (χ0n) is 17.8. The average Bonchev–Trinajstić information content (AvgIpc) is 2.73. The molecule has 0 saturated carbocycles. The Morgan fingerprint density at radius 3 is 2.21 bits per heavy atom. The number of nitrogens with one attached hydrogen (secondary N) is 1. The fraction of sp³-hybridized carbons (Fsp3) is 0.708. The summed E-state index contributed by atoms with van der Waals surface area (Å²) in [6.07, 6.45) is 14.6. The van der Waals surface area contributed by atoms with Crippen LogP contribution >= 0.6 is 0 Å².